The topological polar surface area (TPSA) is 124 Å². The van der Waals surface area contributed by atoms with Crippen molar-refractivity contribution in [1.29, 1.82) is 5.26 Å². The summed E-state index contributed by atoms with van der Waals surface area (Å²) in [4.78, 5) is 22.5. The van der Waals surface area contributed by atoms with Crippen LogP contribution in [0.3, 0.4) is 0 Å². The lowest BCUT2D eigenvalue weighted by atomic mass is 10.2. The number of hydrogen-bond acceptors (Lipinski definition) is 8. The van der Waals surface area contributed by atoms with E-state index in [-0.39, 0.29) is 11.3 Å². The normalized spacial score (nSPS) is 11.5. The van der Waals surface area contributed by atoms with Crippen LogP contribution in [-0.4, -0.2) is 35.9 Å². The van der Waals surface area contributed by atoms with Crippen molar-refractivity contribution >= 4 is 35.1 Å². The molecule has 0 amide bonds. The summed E-state index contributed by atoms with van der Waals surface area (Å²) in [5, 5.41) is 18.4. The maximum absolute atomic E-state index is 13.8. The van der Waals surface area contributed by atoms with Crippen molar-refractivity contribution in [1.82, 2.24) is 0 Å². The van der Waals surface area contributed by atoms with Gasteiger partial charge < -0.3 is 28.8 Å². The summed E-state index contributed by atoms with van der Waals surface area (Å²) in [6.45, 7) is 5.47. The molecule has 0 spiro atoms. The first kappa shape index (κ1) is 36.5. The molecule has 0 saturated carbocycles. The number of ether oxygens (including phenoxy) is 5. The van der Waals surface area contributed by atoms with E-state index < -0.39 is 30.0 Å². The van der Waals surface area contributed by atoms with Gasteiger partial charge in [-0.05, 0) is 105 Å². The SMILES string of the molecule is CC(Oc1ccc(Oc2ccc(Cl)cc2Cl)cc1)C(=O)O.CCCCOC(=O)[C@@H](C)Oc1ccc(Oc2ccc(C#N)cc2F)cc1. The van der Waals surface area contributed by atoms with Crippen LogP contribution in [0.5, 0.6) is 34.5 Å². The summed E-state index contributed by atoms with van der Waals surface area (Å²) >= 11 is 11.8. The van der Waals surface area contributed by atoms with E-state index in [9.17, 15) is 14.0 Å². The van der Waals surface area contributed by atoms with Crippen molar-refractivity contribution in [2.75, 3.05) is 6.61 Å². The highest BCUT2D eigenvalue weighted by Crippen LogP contribution is 2.32. The van der Waals surface area contributed by atoms with Crippen LogP contribution in [0.25, 0.3) is 0 Å². The molecule has 0 aliphatic rings. The molecule has 0 radical (unpaired) electrons. The van der Waals surface area contributed by atoms with Crippen molar-refractivity contribution in [3.05, 3.63) is 106 Å². The quantitative estimate of drug-likeness (QED) is 0.108. The van der Waals surface area contributed by atoms with Crippen LogP contribution in [-0.2, 0) is 14.3 Å². The van der Waals surface area contributed by atoms with Crippen LogP contribution >= 0.6 is 23.2 Å². The van der Waals surface area contributed by atoms with Crippen molar-refractivity contribution < 1.29 is 42.8 Å². The van der Waals surface area contributed by atoms with Crippen LogP contribution in [0.4, 0.5) is 4.39 Å². The Morgan fingerprint density at radius 3 is 1.85 bits per heavy atom. The molecule has 0 saturated heterocycles. The van der Waals surface area contributed by atoms with Crippen molar-refractivity contribution in [2.45, 2.75) is 45.8 Å². The minimum absolute atomic E-state index is 0.0190. The minimum atomic E-state index is -1.02. The summed E-state index contributed by atoms with van der Waals surface area (Å²) in [5.74, 6) is 0.305. The van der Waals surface area contributed by atoms with Crippen molar-refractivity contribution in [3.63, 3.8) is 0 Å². The van der Waals surface area contributed by atoms with E-state index in [1.807, 2.05) is 13.0 Å². The fraction of sp³-hybridized carbons (Fsp3) is 0.229. The van der Waals surface area contributed by atoms with Crippen LogP contribution in [0.2, 0.25) is 10.0 Å². The Morgan fingerprint density at radius 2 is 1.34 bits per heavy atom. The first-order chi connectivity index (χ1) is 22.5. The number of unbranched alkanes of at least 4 members (excludes halogenated alkanes) is 1. The number of esters is 1. The molecule has 47 heavy (non-hydrogen) atoms. The lowest BCUT2D eigenvalue weighted by Gasteiger charge is -2.14. The predicted molar refractivity (Wildman–Crippen MR) is 174 cm³/mol. The fourth-order valence-corrected chi connectivity index (χ4v) is 4.03. The van der Waals surface area contributed by atoms with E-state index in [0.29, 0.717) is 45.4 Å². The molecule has 4 aromatic rings. The summed E-state index contributed by atoms with van der Waals surface area (Å²) in [5.41, 5.74) is 0.221. The smallest absolute Gasteiger partial charge is 0.347 e. The number of aliphatic carboxylic acids is 1. The van der Waals surface area contributed by atoms with Crippen LogP contribution in [0, 0.1) is 17.1 Å². The van der Waals surface area contributed by atoms with Crippen molar-refractivity contribution in [2.24, 2.45) is 0 Å². The van der Waals surface area contributed by atoms with Gasteiger partial charge in [0.25, 0.3) is 0 Å². The Morgan fingerprint density at radius 1 is 0.809 bits per heavy atom. The van der Waals surface area contributed by atoms with Crippen LogP contribution < -0.4 is 18.9 Å². The maximum atomic E-state index is 13.8. The fourth-order valence-electron chi connectivity index (χ4n) is 3.58. The summed E-state index contributed by atoms with van der Waals surface area (Å²) in [6, 6.07) is 23.8. The Kier molecular flexibility index (Phi) is 14.2. The van der Waals surface area contributed by atoms with E-state index in [2.05, 4.69) is 0 Å². The number of carbonyl (C=O) groups excluding carboxylic acids is 1. The van der Waals surface area contributed by atoms with Gasteiger partial charge in [0.2, 0.25) is 0 Å². The highest BCUT2D eigenvalue weighted by Gasteiger charge is 2.16. The van der Waals surface area contributed by atoms with Gasteiger partial charge in [-0.25, -0.2) is 14.0 Å². The molecule has 0 fully saturated rings. The summed E-state index contributed by atoms with van der Waals surface area (Å²) in [6.07, 6.45) is 0.123. The molecule has 12 heteroatoms. The second-order valence-electron chi connectivity index (χ2n) is 9.86. The highest BCUT2D eigenvalue weighted by atomic mass is 35.5. The Balaban J connectivity index is 0.000000261. The summed E-state index contributed by atoms with van der Waals surface area (Å²) in [7, 11) is 0. The molecule has 1 unspecified atom stereocenters. The third-order valence-electron chi connectivity index (χ3n) is 6.11. The number of benzene rings is 4. The van der Waals surface area contributed by atoms with Gasteiger partial charge in [-0.3, -0.25) is 0 Å². The average Bonchev–Trinajstić information content (AvgIpc) is 3.05. The number of carboxylic acid groups (broad SMARTS) is 1. The summed E-state index contributed by atoms with van der Waals surface area (Å²) < 4.78 is 40.7. The Hall–Kier alpha value is -4.98. The van der Waals surface area contributed by atoms with Crippen molar-refractivity contribution in [3.8, 4) is 40.6 Å². The molecule has 0 bridgehead atoms. The lowest BCUT2D eigenvalue weighted by molar-refractivity contribution is -0.151. The average molecular weight is 685 g/mol. The number of rotatable bonds is 13. The van der Waals surface area contributed by atoms with Crippen LogP contribution in [0.15, 0.2) is 84.9 Å². The zero-order valence-corrected chi connectivity index (χ0v) is 27.3. The first-order valence-electron chi connectivity index (χ1n) is 14.4. The molecule has 9 nitrogen and oxygen atoms in total. The largest absolute Gasteiger partial charge is 0.479 e. The Bertz CT molecular complexity index is 1680. The molecule has 0 heterocycles. The number of hydrogen-bond donors (Lipinski definition) is 1. The van der Waals surface area contributed by atoms with Gasteiger partial charge in [0.1, 0.15) is 28.7 Å². The van der Waals surface area contributed by atoms with Gasteiger partial charge in [0.05, 0.1) is 23.3 Å². The second kappa shape index (κ2) is 18.2. The highest BCUT2D eigenvalue weighted by molar-refractivity contribution is 6.35. The predicted octanol–water partition coefficient (Wildman–Crippen LogP) is 9.24. The minimum Gasteiger partial charge on any atom is -0.479 e. The van der Waals surface area contributed by atoms with E-state index in [0.717, 1.165) is 18.9 Å². The third-order valence-corrected chi connectivity index (χ3v) is 6.64. The molecule has 0 aliphatic heterocycles. The monoisotopic (exact) mass is 683 g/mol. The second-order valence-corrected chi connectivity index (χ2v) is 10.7. The molecular formula is C35H32Cl2FNO8. The molecule has 1 N–H and O–H groups in total. The first-order valence-corrected chi connectivity index (χ1v) is 15.2. The molecule has 2 atom stereocenters. The molecular weight excluding hydrogens is 652 g/mol. The van der Waals surface area contributed by atoms with Gasteiger partial charge >= 0.3 is 11.9 Å². The molecule has 0 aromatic heterocycles. The van der Waals surface area contributed by atoms with E-state index >= 15 is 0 Å². The zero-order valence-electron chi connectivity index (χ0n) is 25.7. The van der Waals surface area contributed by atoms with Gasteiger partial charge in [0.15, 0.2) is 23.8 Å². The van der Waals surface area contributed by atoms with Gasteiger partial charge in [-0.2, -0.15) is 5.26 Å². The van der Waals surface area contributed by atoms with E-state index in [4.69, 9.17) is 57.3 Å². The molecule has 4 aromatic carbocycles. The lowest BCUT2D eigenvalue weighted by Crippen LogP contribution is -2.26. The number of halogens is 3. The van der Waals surface area contributed by atoms with Gasteiger partial charge in [-0.1, -0.05) is 36.5 Å². The number of carbonyl (C=O) groups is 2. The number of carboxylic acids is 1. The standard InChI is InChI=1S/C20H20FNO4.C15H12Cl2O4/c1-3-4-11-24-20(23)14(2)25-16-6-8-17(9-7-16)26-19-10-5-15(13-22)12-18(19)21;1-9(15(18)19)20-11-3-5-12(6-4-11)21-14-7-2-10(16)8-13(14)17/h5-10,12,14H,3-4,11H2,1-2H3;2-9H,1H3,(H,18,19)/t14-;/m1./s1. The van der Waals surface area contributed by atoms with Gasteiger partial charge in [-0.15, -0.1) is 0 Å². The number of nitriles is 1. The molecule has 0 aliphatic carbocycles. The molecule has 246 valence electrons. The number of nitrogens with zero attached hydrogens (tertiary/aromatic N) is 1. The van der Waals surface area contributed by atoms with Crippen LogP contribution in [0.1, 0.15) is 39.2 Å². The van der Waals surface area contributed by atoms with E-state index in [1.54, 1.807) is 73.7 Å². The Labute approximate surface area is 281 Å². The maximum Gasteiger partial charge on any atom is 0.347 e. The van der Waals surface area contributed by atoms with E-state index in [1.165, 1.54) is 19.1 Å². The van der Waals surface area contributed by atoms with Gasteiger partial charge in [0, 0.05) is 5.02 Å². The third kappa shape index (κ3) is 12.0. The zero-order chi connectivity index (χ0) is 34.3. The molecule has 4 rings (SSSR count).